The van der Waals surface area contributed by atoms with Gasteiger partial charge in [-0.1, -0.05) is 182 Å². The van der Waals surface area contributed by atoms with Crippen molar-refractivity contribution in [3.8, 4) is 44.5 Å². The Morgan fingerprint density at radius 1 is 0.233 bits per heavy atom. The molecule has 0 radical (unpaired) electrons. The van der Waals surface area contributed by atoms with Gasteiger partial charge in [-0.3, -0.25) is 0 Å². The molecular formula is C58H34S2. The Kier molecular flexibility index (Phi) is 7.45. The molecule has 0 bridgehead atoms. The Morgan fingerprint density at radius 2 is 0.750 bits per heavy atom. The normalized spacial score (nSPS) is 12.0. The van der Waals surface area contributed by atoms with Crippen LogP contribution in [0.3, 0.4) is 0 Å². The van der Waals surface area contributed by atoms with Crippen molar-refractivity contribution in [2.24, 2.45) is 0 Å². The summed E-state index contributed by atoms with van der Waals surface area (Å²) in [6.07, 6.45) is 0. The molecule has 0 fully saturated rings. The van der Waals surface area contributed by atoms with Crippen LogP contribution in [0.2, 0.25) is 0 Å². The number of benzene rings is 11. The van der Waals surface area contributed by atoms with Gasteiger partial charge in [0.15, 0.2) is 0 Å². The van der Waals surface area contributed by atoms with E-state index >= 15 is 0 Å². The summed E-state index contributed by atoms with van der Waals surface area (Å²) in [6, 6.07) is 76.7. The van der Waals surface area contributed by atoms with Crippen LogP contribution in [0.5, 0.6) is 0 Å². The number of hydrogen-bond acceptors (Lipinski definition) is 2. The minimum Gasteiger partial charge on any atom is -0.135 e. The van der Waals surface area contributed by atoms with Crippen molar-refractivity contribution in [2.45, 2.75) is 0 Å². The molecule has 0 aliphatic rings. The first-order valence-corrected chi connectivity index (χ1v) is 22.2. The van der Waals surface area contributed by atoms with Gasteiger partial charge in [0.1, 0.15) is 0 Å². The maximum absolute atomic E-state index is 2.49. The SMILES string of the molecule is c1ccc(-c2cccc(-c3c4ccccc4c(-c4ccc(-c5cc6c7ccc8sc9ccccc9c8c7sc6c6ccccc56)c5ccccc45)c4ccccc34)c2)cc1. The van der Waals surface area contributed by atoms with E-state index in [9.17, 15) is 0 Å². The number of rotatable bonds is 4. The minimum atomic E-state index is 1.22. The molecule has 13 rings (SSSR count). The Bertz CT molecular complexity index is 3830. The molecule has 0 N–H and O–H groups in total. The molecule has 0 amide bonds. The molecule has 0 spiro atoms. The van der Waals surface area contributed by atoms with Crippen LogP contribution in [0.4, 0.5) is 0 Å². The molecule has 0 nitrogen and oxygen atoms in total. The van der Waals surface area contributed by atoms with Gasteiger partial charge in [-0.25, -0.2) is 0 Å². The predicted molar refractivity (Wildman–Crippen MR) is 264 cm³/mol. The summed E-state index contributed by atoms with van der Waals surface area (Å²) in [7, 11) is 0. The molecule has 13 aromatic rings. The lowest BCUT2D eigenvalue weighted by Gasteiger charge is -2.20. The molecule has 0 unspecified atom stereocenters. The molecule has 278 valence electrons. The van der Waals surface area contributed by atoms with Crippen molar-refractivity contribution in [2.75, 3.05) is 0 Å². The maximum atomic E-state index is 2.49. The quantitative estimate of drug-likeness (QED) is 0.156. The monoisotopic (exact) mass is 794 g/mol. The molecule has 0 saturated carbocycles. The Hall–Kier alpha value is -7.10. The van der Waals surface area contributed by atoms with Crippen LogP contribution < -0.4 is 0 Å². The zero-order valence-electron chi connectivity index (χ0n) is 32.4. The van der Waals surface area contributed by atoms with Gasteiger partial charge in [0, 0.05) is 45.7 Å². The number of hydrogen-bond donors (Lipinski definition) is 0. The zero-order chi connectivity index (χ0) is 39.3. The van der Waals surface area contributed by atoms with E-state index in [-0.39, 0.29) is 0 Å². The topological polar surface area (TPSA) is 0 Å². The molecule has 2 heterocycles. The third-order valence-corrected chi connectivity index (χ3v) is 15.1. The average molecular weight is 795 g/mol. The highest BCUT2D eigenvalue weighted by molar-refractivity contribution is 7.30. The smallest absolute Gasteiger partial charge is 0.0448 e. The molecule has 2 heteroatoms. The summed E-state index contributed by atoms with van der Waals surface area (Å²) < 4.78 is 5.45. The lowest BCUT2D eigenvalue weighted by atomic mass is 9.83. The second-order valence-electron chi connectivity index (χ2n) is 15.9. The fourth-order valence-corrected chi connectivity index (χ4v) is 12.6. The highest BCUT2D eigenvalue weighted by Gasteiger charge is 2.22. The van der Waals surface area contributed by atoms with Gasteiger partial charge in [-0.2, -0.15) is 0 Å². The molecule has 60 heavy (non-hydrogen) atoms. The highest BCUT2D eigenvalue weighted by Crippen LogP contribution is 2.50. The molecular weight excluding hydrogens is 761 g/mol. The predicted octanol–water partition coefficient (Wildman–Crippen LogP) is 17.7. The second-order valence-corrected chi connectivity index (χ2v) is 18.0. The second kappa shape index (κ2) is 13.2. The van der Waals surface area contributed by atoms with Gasteiger partial charge >= 0.3 is 0 Å². The zero-order valence-corrected chi connectivity index (χ0v) is 34.1. The standard InChI is InChI=1S/C58H34S2/c1-2-15-35(16-3-1)36-17-14-18-37(33-36)54-42-22-7-9-24-44(42)55(45-25-10-8-23-43(45)54)46-30-29-41(38-19-4-5-20-39(38)46)50-34-51-48-31-32-53-56(49-27-12-13-28-52(49)59-53)58(48)60-57(51)47-26-11-6-21-40(47)50/h1-34H. The summed E-state index contributed by atoms with van der Waals surface area (Å²) >= 11 is 3.85. The third kappa shape index (κ3) is 4.96. The van der Waals surface area contributed by atoms with Crippen LogP contribution in [-0.4, -0.2) is 0 Å². The van der Waals surface area contributed by atoms with Crippen molar-refractivity contribution < 1.29 is 0 Å². The van der Waals surface area contributed by atoms with Crippen LogP contribution in [0, 0.1) is 0 Å². The number of fused-ring (bicyclic) bond motifs is 12. The highest BCUT2D eigenvalue weighted by atomic mass is 32.1. The lowest BCUT2D eigenvalue weighted by Crippen LogP contribution is -1.93. The summed E-state index contributed by atoms with van der Waals surface area (Å²) in [5.74, 6) is 0. The molecule has 0 atom stereocenters. The van der Waals surface area contributed by atoms with Gasteiger partial charge in [0.25, 0.3) is 0 Å². The molecule has 0 aliphatic heterocycles. The van der Waals surface area contributed by atoms with E-state index in [1.807, 2.05) is 22.7 Å². The Labute approximate surface area is 354 Å². The van der Waals surface area contributed by atoms with Crippen molar-refractivity contribution >= 4 is 106 Å². The average Bonchev–Trinajstić information content (AvgIpc) is 3.89. The Morgan fingerprint density at radius 3 is 1.47 bits per heavy atom. The van der Waals surface area contributed by atoms with Gasteiger partial charge in [-0.15, -0.1) is 22.7 Å². The van der Waals surface area contributed by atoms with E-state index in [0.717, 1.165) is 0 Å². The first-order valence-electron chi connectivity index (χ1n) is 20.6. The summed E-state index contributed by atoms with van der Waals surface area (Å²) in [5.41, 5.74) is 10.0. The molecule has 0 saturated heterocycles. The van der Waals surface area contributed by atoms with Crippen molar-refractivity contribution in [1.29, 1.82) is 0 Å². The van der Waals surface area contributed by atoms with Crippen LogP contribution >= 0.6 is 22.7 Å². The van der Waals surface area contributed by atoms with E-state index in [0.29, 0.717) is 0 Å². The molecule has 0 aliphatic carbocycles. The van der Waals surface area contributed by atoms with Crippen LogP contribution in [0.25, 0.3) is 128 Å². The minimum absolute atomic E-state index is 1.22. The largest absolute Gasteiger partial charge is 0.135 e. The molecule has 11 aromatic carbocycles. The van der Waals surface area contributed by atoms with Crippen molar-refractivity contribution in [3.05, 3.63) is 206 Å². The van der Waals surface area contributed by atoms with E-state index < -0.39 is 0 Å². The summed E-state index contributed by atoms with van der Waals surface area (Å²) in [4.78, 5) is 0. The third-order valence-electron chi connectivity index (χ3n) is 12.7. The molecule has 2 aromatic heterocycles. The van der Waals surface area contributed by atoms with E-state index in [1.165, 1.54) is 128 Å². The van der Waals surface area contributed by atoms with Crippen molar-refractivity contribution in [3.63, 3.8) is 0 Å². The first kappa shape index (κ1) is 33.8. The first-order chi connectivity index (χ1) is 29.8. The van der Waals surface area contributed by atoms with Gasteiger partial charge in [0.05, 0.1) is 0 Å². The van der Waals surface area contributed by atoms with Crippen molar-refractivity contribution in [1.82, 2.24) is 0 Å². The van der Waals surface area contributed by atoms with Crippen LogP contribution in [0.15, 0.2) is 206 Å². The van der Waals surface area contributed by atoms with Gasteiger partial charge in [0.2, 0.25) is 0 Å². The fraction of sp³-hybridized carbons (Fsp3) is 0. The maximum Gasteiger partial charge on any atom is 0.0448 e. The summed E-state index contributed by atoms with van der Waals surface area (Å²) in [6.45, 7) is 0. The van der Waals surface area contributed by atoms with E-state index in [1.54, 1.807) is 0 Å². The van der Waals surface area contributed by atoms with E-state index in [2.05, 4.69) is 206 Å². The van der Waals surface area contributed by atoms with Gasteiger partial charge in [-0.05, 0) is 106 Å². The van der Waals surface area contributed by atoms with Crippen LogP contribution in [0.1, 0.15) is 0 Å². The lowest BCUT2D eigenvalue weighted by molar-refractivity contribution is 1.61. The number of thiophene rings is 2. The Balaban J connectivity index is 1.06. The van der Waals surface area contributed by atoms with Gasteiger partial charge < -0.3 is 0 Å². The van der Waals surface area contributed by atoms with E-state index in [4.69, 9.17) is 0 Å². The fourth-order valence-electron chi connectivity index (χ4n) is 10.1. The summed E-state index contributed by atoms with van der Waals surface area (Å²) in [5, 5.41) is 15.6. The van der Waals surface area contributed by atoms with Crippen LogP contribution in [-0.2, 0) is 0 Å².